The van der Waals surface area contributed by atoms with E-state index in [2.05, 4.69) is 59.2 Å². The number of halogens is 1. The Balaban J connectivity index is 1.52. The van der Waals surface area contributed by atoms with E-state index in [4.69, 9.17) is 26.1 Å². The first-order chi connectivity index (χ1) is 16.2. The molecular weight excluding hydrogens is 432 g/mol. The predicted octanol–water partition coefficient (Wildman–Crippen LogP) is 6.69. The van der Waals surface area contributed by atoms with Crippen molar-refractivity contribution >= 4 is 33.4 Å². The van der Waals surface area contributed by atoms with Gasteiger partial charge < -0.3 is 14.0 Å². The first-order valence-electron chi connectivity index (χ1n) is 11.0. The number of fused-ring (bicyclic) bond motifs is 2. The Kier molecular flexibility index (Phi) is 5.93. The van der Waals surface area contributed by atoms with Gasteiger partial charge in [0.1, 0.15) is 5.82 Å². The molecule has 5 rings (SSSR count). The highest BCUT2D eigenvalue weighted by Crippen LogP contribution is 2.29. The Morgan fingerprint density at radius 1 is 0.848 bits per heavy atom. The van der Waals surface area contributed by atoms with Gasteiger partial charge >= 0.3 is 0 Å². The molecule has 5 heteroatoms. The van der Waals surface area contributed by atoms with E-state index in [-0.39, 0.29) is 0 Å². The van der Waals surface area contributed by atoms with E-state index in [1.807, 2.05) is 24.3 Å². The highest BCUT2D eigenvalue weighted by atomic mass is 35.5. The van der Waals surface area contributed by atoms with Crippen LogP contribution < -0.4 is 9.47 Å². The van der Waals surface area contributed by atoms with Crippen molar-refractivity contribution in [2.75, 3.05) is 14.2 Å². The summed E-state index contributed by atoms with van der Waals surface area (Å²) in [7, 11) is 3.32. The summed E-state index contributed by atoms with van der Waals surface area (Å²) in [6.45, 7) is 0.799. The predicted molar refractivity (Wildman–Crippen MR) is 135 cm³/mol. The van der Waals surface area contributed by atoms with Crippen LogP contribution in [0.25, 0.3) is 21.8 Å². The molecule has 0 spiro atoms. The number of nitrogens with zero attached hydrogens (tertiary/aromatic N) is 2. The SMILES string of the molecule is COc1ccc(CCn2c(Cc3cccc4ccccc34)nc3cc(Cl)ccc32)cc1OC. The van der Waals surface area contributed by atoms with Gasteiger partial charge in [0.05, 0.1) is 25.3 Å². The maximum absolute atomic E-state index is 6.28. The molecule has 1 aromatic heterocycles. The van der Waals surface area contributed by atoms with E-state index in [0.29, 0.717) is 5.02 Å². The van der Waals surface area contributed by atoms with Gasteiger partial charge in [-0.25, -0.2) is 4.98 Å². The van der Waals surface area contributed by atoms with Crippen LogP contribution in [0.5, 0.6) is 11.5 Å². The molecule has 0 saturated heterocycles. The van der Waals surface area contributed by atoms with E-state index < -0.39 is 0 Å². The zero-order valence-corrected chi connectivity index (χ0v) is 19.5. The van der Waals surface area contributed by atoms with Crippen molar-refractivity contribution in [3.63, 3.8) is 0 Å². The third-order valence-corrected chi connectivity index (χ3v) is 6.32. The Hall–Kier alpha value is -3.50. The number of methoxy groups -OCH3 is 2. The molecule has 4 nitrogen and oxygen atoms in total. The van der Waals surface area contributed by atoms with Crippen molar-refractivity contribution < 1.29 is 9.47 Å². The lowest BCUT2D eigenvalue weighted by atomic mass is 10.0. The molecule has 5 aromatic rings. The van der Waals surface area contributed by atoms with Gasteiger partial charge in [-0.05, 0) is 58.7 Å². The maximum Gasteiger partial charge on any atom is 0.160 e. The van der Waals surface area contributed by atoms with Gasteiger partial charge in [0.15, 0.2) is 11.5 Å². The second-order valence-corrected chi connectivity index (χ2v) is 8.50. The molecule has 0 aliphatic rings. The molecule has 166 valence electrons. The molecule has 0 bridgehead atoms. The third-order valence-electron chi connectivity index (χ3n) is 6.09. The average molecular weight is 457 g/mol. The molecule has 0 fully saturated rings. The fourth-order valence-electron chi connectivity index (χ4n) is 4.43. The molecule has 33 heavy (non-hydrogen) atoms. The van der Waals surface area contributed by atoms with E-state index >= 15 is 0 Å². The van der Waals surface area contributed by atoms with Crippen LogP contribution in [0, 0.1) is 0 Å². The highest BCUT2D eigenvalue weighted by molar-refractivity contribution is 6.31. The Morgan fingerprint density at radius 2 is 1.67 bits per heavy atom. The summed E-state index contributed by atoms with van der Waals surface area (Å²) >= 11 is 6.28. The first kappa shape index (κ1) is 21.4. The average Bonchev–Trinajstić information content (AvgIpc) is 3.18. The van der Waals surface area contributed by atoms with Gasteiger partial charge in [0.25, 0.3) is 0 Å². The van der Waals surface area contributed by atoms with E-state index in [9.17, 15) is 0 Å². The number of aromatic nitrogens is 2. The van der Waals surface area contributed by atoms with Crippen molar-refractivity contribution in [1.29, 1.82) is 0 Å². The van der Waals surface area contributed by atoms with Crippen LogP contribution in [-0.4, -0.2) is 23.8 Å². The minimum Gasteiger partial charge on any atom is -0.493 e. The monoisotopic (exact) mass is 456 g/mol. The summed E-state index contributed by atoms with van der Waals surface area (Å²) in [5.41, 5.74) is 4.46. The second kappa shape index (κ2) is 9.16. The first-order valence-corrected chi connectivity index (χ1v) is 11.4. The number of hydrogen-bond donors (Lipinski definition) is 0. The van der Waals surface area contributed by atoms with Gasteiger partial charge in [0.2, 0.25) is 0 Å². The lowest BCUT2D eigenvalue weighted by molar-refractivity contribution is 0.354. The molecule has 0 amide bonds. The quantitative estimate of drug-likeness (QED) is 0.273. The Labute approximate surface area is 198 Å². The van der Waals surface area contributed by atoms with Crippen LogP contribution in [0.3, 0.4) is 0 Å². The number of hydrogen-bond acceptors (Lipinski definition) is 3. The van der Waals surface area contributed by atoms with Gasteiger partial charge in [0, 0.05) is 18.0 Å². The molecular formula is C28H25ClN2O2. The molecule has 0 saturated carbocycles. The van der Waals surface area contributed by atoms with Crippen molar-refractivity contribution in [3.05, 3.63) is 101 Å². The maximum atomic E-state index is 6.28. The van der Waals surface area contributed by atoms with E-state index in [0.717, 1.165) is 47.7 Å². The number of benzene rings is 4. The van der Waals surface area contributed by atoms with Gasteiger partial charge in [-0.3, -0.25) is 0 Å². The Morgan fingerprint density at radius 3 is 2.52 bits per heavy atom. The third kappa shape index (κ3) is 4.27. The minimum absolute atomic E-state index is 0.698. The lowest BCUT2D eigenvalue weighted by Crippen LogP contribution is -2.07. The van der Waals surface area contributed by atoms with Gasteiger partial charge in [-0.1, -0.05) is 60.1 Å². The summed E-state index contributed by atoms with van der Waals surface area (Å²) in [4.78, 5) is 4.98. The van der Waals surface area contributed by atoms with E-state index in [1.165, 1.54) is 21.9 Å². The van der Waals surface area contributed by atoms with Crippen LogP contribution in [-0.2, 0) is 19.4 Å². The molecule has 0 aliphatic heterocycles. The molecule has 0 N–H and O–H groups in total. The molecule has 0 unspecified atom stereocenters. The van der Waals surface area contributed by atoms with Crippen LogP contribution in [0.4, 0.5) is 0 Å². The zero-order valence-electron chi connectivity index (χ0n) is 18.7. The molecule has 4 aromatic carbocycles. The number of imidazole rings is 1. The number of rotatable bonds is 7. The van der Waals surface area contributed by atoms with Crippen molar-refractivity contribution in [2.45, 2.75) is 19.4 Å². The van der Waals surface area contributed by atoms with Crippen LogP contribution in [0.2, 0.25) is 5.02 Å². The largest absolute Gasteiger partial charge is 0.493 e. The molecule has 0 atom stereocenters. The fraction of sp³-hybridized carbons (Fsp3) is 0.179. The number of aryl methyl sites for hydroxylation is 2. The van der Waals surface area contributed by atoms with Crippen molar-refractivity contribution in [1.82, 2.24) is 9.55 Å². The zero-order chi connectivity index (χ0) is 22.8. The molecule has 1 heterocycles. The van der Waals surface area contributed by atoms with Gasteiger partial charge in [-0.2, -0.15) is 0 Å². The normalized spacial score (nSPS) is 11.2. The lowest BCUT2D eigenvalue weighted by Gasteiger charge is -2.13. The molecule has 0 radical (unpaired) electrons. The van der Waals surface area contributed by atoms with Gasteiger partial charge in [-0.15, -0.1) is 0 Å². The van der Waals surface area contributed by atoms with Crippen LogP contribution >= 0.6 is 11.6 Å². The topological polar surface area (TPSA) is 36.3 Å². The fourth-order valence-corrected chi connectivity index (χ4v) is 4.60. The van der Waals surface area contributed by atoms with Crippen LogP contribution in [0.1, 0.15) is 17.0 Å². The second-order valence-electron chi connectivity index (χ2n) is 8.07. The standard InChI is InChI=1S/C28H25ClN2O2/c1-32-26-13-10-19(16-27(26)33-2)14-15-31-25-12-11-22(29)18-24(25)30-28(31)17-21-8-5-7-20-6-3-4-9-23(20)21/h3-13,16,18H,14-15,17H2,1-2H3. The number of ether oxygens (including phenoxy) is 2. The summed E-state index contributed by atoms with van der Waals surface area (Å²) in [5.74, 6) is 2.51. The van der Waals surface area contributed by atoms with E-state index in [1.54, 1.807) is 14.2 Å². The van der Waals surface area contributed by atoms with Crippen LogP contribution in [0.15, 0.2) is 78.9 Å². The smallest absolute Gasteiger partial charge is 0.160 e. The summed E-state index contributed by atoms with van der Waals surface area (Å²) in [6, 6.07) is 27.0. The summed E-state index contributed by atoms with van der Waals surface area (Å²) < 4.78 is 13.2. The Bertz CT molecular complexity index is 1440. The van der Waals surface area contributed by atoms with Crippen molar-refractivity contribution in [3.8, 4) is 11.5 Å². The summed E-state index contributed by atoms with van der Waals surface area (Å²) in [6.07, 6.45) is 1.59. The van der Waals surface area contributed by atoms with Crippen molar-refractivity contribution in [2.24, 2.45) is 0 Å². The highest BCUT2D eigenvalue weighted by Gasteiger charge is 2.14. The minimum atomic E-state index is 0.698. The summed E-state index contributed by atoms with van der Waals surface area (Å²) in [5, 5.41) is 3.20. The molecule has 0 aliphatic carbocycles.